The van der Waals surface area contributed by atoms with Crippen molar-refractivity contribution >= 4 is 39.8 Å². The predicted octanol–water partition coefficient (Wildman–Crippen LogP) is 5.54. The maximum absolute atomic E-state index is 13.2. The molecule has 0 aliphatic rings. The van der Waals surface area contributed by atoms with Gasteiger partial charge < -0.3 is 4.90 Å². The normalized spacial score (nSPS) is 10.3. The van der Waals surface area contributed by atoms with E-state index in [4.69, 9.17) is 0 Å². The van der Waals surface area contributed by atoms with Gasteiger partial charge in [0.05, 0.1) is 12.2 Å². The maximum Gasteiger partial charge on any atom is 0.258 e. The third kappa shape index (κ3) is 4.17. The van der Waals surface area contributed by atoms with E-state index in [0.29, 0.717) is 12.1 Å². The van der Waals surface area contributed by atoms with Crippen LogP contribution in [-0.4, -0.2) is 5.91 Å². The molecule has 0 aliphatic heterocycles. The molecule has 124 valence electrons. The van der Waals surface area contributed by atoms with E-state index < -0.39 is 0 Å². The Hall–Kier alpha value is -2.40. The summed E-state index contributed by atoms with van der Waals surface area (Å²) in [6.45, 7) is 4.55. The van der Waals surface area contributed by atoms with Gasteiger partial charge in [-0.1, -0.05) is 79.4 Å². The lowest BCUT2D eigenvalue weighted by Gasteiger charge is -2.25. The third-order valence-electron chi connectivity index (χ3n) is 3.95. The van der Waals surface area contributed by atoms with Crippen LogP contribution < -0.4 is 4.90 Å². The van der Waals surface area contributed by atoms with Gasteiger partial charge in [0.25, 0.3) is 5.91 Å². The van der Waals surface area contributed by atoms with Gasteiger partial charge in [-0.2, -0.15) is 0 Å². The Morgan fingerprint density at radius 3 is 2.04 bits per heavy atom. The van der Waals surface area contributed by atoms with E-state index >= 15 is 0 Å². The van der Waals surface area contributed by atoms with Gasteiger partial charge >= 0.3 is 0 Å². The number of halogens is 1. The fraction of sp³-hybridized carbons (Fsp3) is 0.0455. The van der Waals surface area contributed by atoms with E-state index in [1.165, 1.54) is 0 Å². The zero-order chi connectivity index (χ0) is 17.6. The summed E-state index contributed by atoms with van der Waals surface area (Å²) in [5, 5.41) is 0. The number of para-hydroxylation sites is 1. The van der Waals surface area contributed by atoms with Crippen LogP contribution in [0.1, 0.15) is 11.1 Å². The second kappa shape index (κ2) is 8.12. The first kappa shape index (κ1) is 17.4. The first-order chi connectivity index (χ1) is 12.2. The zero-order valence-electron chi connectivity index (χ0n) is 13.7. The van der Waals surface area contributed by atoms with Crippen LogP contribution in [0.3, 0.4) is 0 Å². The topological polar surface area (TPSA) is 20.3 Å². The highest BCUT2D eigenvalue weighted by atomic mass is 127. The molecule has 1 amide bonds. The largest absolute Gasteiger partial charge is 0.303 e. The van der Waals surface area contributed by atoms with E-state index in [2.05, 4.69) is 29.2 Å². The molecule has 25 heavy (non-hydrogen) atoms. The predicted molar refractivity (Wildman–Crippen MR) is 112 cm³/mol. The van der Waals surface area contributed by atoms with Crippen molar-refractivity contribution in [3.63, 3.8) is 0 Å². The Morgan fingerprint density at radius 2 is 1.40 bits per heavy atom. The van der Waals surface area contributed by atoms with E-state index in [1.54, 1.807) is 4.90 Å². The number of carbonyl (C=O) groups is 1. The minimum Gasteiger partial charge on any atom is -0.303 e. The third-order valence-corrected chi connectivity index (χ3v) is 4.86. The van der Waals surface area contributed by atoms with Gasteiger partial charge in [0.2, 0.25) is 0 Å². The molecule has 0 atom stereocenters. The number of nitrogens with zero attached hydrogens (tertiary/aromatic N) is 1. The number of hydrogen-bond donors (Lipinski definition) is 0. The summed E-state index contributed by atoms with van der Waals surface area (Å²) >= 11 is 2.27. The van der Waals surface area contributed by atoms with Crippen LogP contribution >= 0.6 is 22.6 Å². The van der Waals surface area contributed by atoms with E-state index in [9.17, 15) is 4.79 Å². The van der Waals surface area contributed by atoms with Gasteiger partial charge in [-0.25, -0.2) is 0 Å². The van der Waals surface area contributed by atoms with Crippen molar-refractivity contribution in [1.29, 1.82) is 0 Å². The van der Waals surface area contributed by atoms with Crippen LogP contribution in [-0.2, 0) is 11.3 Å². The minimum absolute atomic E-state index is 0.0841. The first-order valence-corrected chi connectivity index (χ1v) is 9.09. The molecule has 0 aliphatic carbocycles. The van der Waals surface area contributed by atoms with Crippen LogP contribution in [0.2, 0.25) is 0 Å². The number of anilines is 1. The Bertz CT molecular complexity index is 875. The highest BCUT2D eigenvalue weighted by Crippen LogP contribution is 2.27. The van der Waals surface area contributed by atoms with E-state index in [1.807, 2.05) is 84.9 Å². The molecule has 0 radical (unpaired) electrons. The molecule has 0 spiro atoms. The number of benzene rings is 3. The fourth-order valence-electron chi connectivity index (χ4n) is 2.63. The number of hydrogen-bond acceptors (Lipinski definition) is 1. The number of carbonyl (C=O) groups excluding carboxylic acids is 1. The van der Waals surface area contributed by atoms with Crippen molar-refractivity contribution < 1.29 is 4.79 Å². The lowest BCUT2D eigenvalue weighted by molar-refractivity contribution is -0.113. The number of rotatable bonds is 5. The van der Waals surface area contributed by atoms with E-state index in [-0.39, 0.29) is 5.91 Å². The summed E-state index contributed by atoms with van der Waals surface area (Å²) in [5.41, 5.74) is 3.32. The second-order valence-corrected chi connectivity index (χ2v) is 6.84. The lowest BCUT2D eigenvalue weighted by Crippen LogP contribution is -2.31. The van der Waals surface area contributed by atoms with Crippen molar-refractivity contribution in [3.8, 4) is 0 Å². The molecule has 0 aromatic heterocycles. The first-order valence-electron chi connectivity index (χ1n) is 8.01. The summed E-state index contributed by atoms with van der Waals surface area (Å²) in [7, 11) is 0. The van der Waals surface area contributed by atoms with Crippen LogP contribution in [0, 0.1) is 3.57 Å². The summed E-state index contributed by atoms with van der Waals surface area (Å²) in [6.07, 6.45) is 0. The maximum atomic E-state index is 13.2. The zero-order valence-corrected chi connectivity index (χ0v) is 15.9. The Labute approximate surface area is 161 Å². The van der Waals surface area contributed by atoms with Gasteiger partial charge in [-0.3, -0.25) is 4.79 Å². The standard InChI is InChI=1S/C22H18INO/c1-17(19-12-6-3-7-13-19)22(25)24(16-18-10-4-2-5-11-18)21-15-9-8-14-20(21)23/h2-15H,1,16H2. The smallest absolute Gasteiger partial charge is 0.258 e. The molecule has 2 nitrogen and oxygen atoms in total. The van der Waals surface area contributed by atoms with Crippen molar-refractivity contribution in [2.75, 3.05) is 4.90 Å². The Balaban J connectivity index is 1.97. The van der Waals surface area contributed by atoms with Crippen LogP contribution in [0.25, 0.3) is 5.57 Å². The van der Waals surface area contributed by atoms with Gasteiger partial charge in [0, 0.05) is 9.14 Å². The Morgan fingerprint density at radius 1 is 0.840 bits per heavy atom. The quantitative estimate of drug-likeness (QED) is 0.378. The summed E-state index contributed by atoms with van der Waals surface area (Å²) in [6, 6.07) is 27.5. The average Bonchev–Trinajstić information content (AvgIpc) is 2.67. The average molecular weight is 439 g/mol. The summed E-state index contributed by atoms with van der Waals surface area (Å²) in [5.74, 6) is -0.0841. The van der Waals surface area contributed by atoms with E-state index in [0.717, 1.165) is 20.4 Å². The molecule has 0 N–H and O–H groups in total. The molecule has 3 heteroatoms. The highest BCUT2D eigenvalue weighted by molar-refractivity contribution is 14.1. The summed E-state index contributed by atoms with van der Waals surface area (Å²) in [4.78, 5) is 15.0. The van der Waals surface area contributed by atoms with Crippen LogP contribution in [0.4, 0.5) is 5.69 Å². The summed E-state index contributed by atoms with van der Waals surface area (Å²) < 4.78 is 1.03. The van der Waals surface area contributed by atoms with Crippen molar-refractivity contribution in [2.45, 2.75) is 6.54 Å². The van der Waals surface area contributed by atoms with Crippen LogP contribution in [0.15, 0.2) is 91.5 Å². The molecule has 0 heterocycles. The van der Waals surface area contributed by atoms with Crippen molar-refractivity contribution in [1.82, 2.24) is 0 Å². The molecule has 3 rings (SSSR count). The van der Waals surface area contributed by atoms with Crippen molar-refractivity contribution in [3.05, 3.63) is 106 Å². The lowest BCUT2D eigenvalue weighted by atomic mass is 10.1. The molecule has 3 aromatic carbocycles. The molecule has 0 saturated heterocycles. The fourth-order valence-corrected chi connectivity index (χ4v) is 3.31. The van der Waals surface area contributed by atoms with Gasteiger partial charge in [0.15, 0.2) is 0 Å². The second-order valence-electron chi connectivity index (χ2n) is 5.67. The molecule has 0 saturated carbocycles. The van der Waals surface area contributed by atoms with Crippen molar-refractivity contribution in [2.24, 2.45) is 0 Å². The van der Waals surface area contributed by atoms with Gasteiger partial charge in [-0.15, -0.1) is 0 Å². The molecule has 0 bridgehead atoms. The van der Waals surface area contributed by atoms with Crippen LogP contribution in [0.5, 0.6) is 0 Å². The Kier molecular flexibility index (Phi) is 5.66. The SMILES string of the molecule is C=C(C(=O)N(Cc1ccccc1)c1ccccc1I)c1ccccc1. The molecular weight excluding hydrogens is 421 g/mol. The molecule has 0 unspecified atom stereocenters. The number of amides is 1. The molecular formula is C22H18INO. The monoisotopic (exact) mass is 439 g/mol. The molecule has 0 fully saturated rings. The minimum atomic E-state index is -0.0841. The molecule has 3 aromatic rings. The van der Waals surface area contributed by atoms with Gasteiger partial charge in [-0.05, 0) is 45.9 Å². The van der Waals surface area contributed by atoms with Gasteiger partial charge in [0.1, 0.15) is 0 Å². The highest BCUT2D eigenvalue weighted by Gasteiger charge is 2.21.